The summed E-state index contributed by atoms with van der Waals surface area (Å²) in [6.07, 6.45) is 5.78. The third-order valence-electron chi connectivity index (χ3n) is 16.8. The zero-order valence-electron chi connectivity index (χ0n) is 53.9. The number of hydrogen-bond acceptors (Lipinski definition) is 12. The Morgan fingerprint density at radius 3 is 1.61 bits per heavy atom. The standard InChI is InChI=1S/C39H42NO4.C35H51N3O6S.Y/c1-28(33-17-10-5-11-18-33)23-37(43)34-19-12-20-35(26-34)38(44)25-32(24-31-15-8-4-9-16-31)27-40-39(29(2)41)36(42)22-21-30-13-6-3-7-14-30;1-7-30-14-11-17-38(30)35(42)29-20-28(21-31(22-29)37(5)45(6,43)44)33(41)19-27(18-26-12-9-8-10-13-26)23-36-34(25(4)39)32(40)16-15-24(2)3;/h3-6,8-20,26,28-29,32,39-41H,21-25,27H2,1-2H3;8-10,12-13,20-22,24-25,27,30,34,36,39H,7,11,14-19,23H2,1-6H3;/q-1;;/t;25?,27-,30?,34?;/m.1./s1. The number of rotatable bonds is 34. The number of sulfonamides is 1. The van der Waals surface area contributed by atoms with Crippen molar-refractivity contribution < 1.29 is 80.1 Å². The van der Waals surface area contributed by atoms with Crippen molar-refractivity contribution in [3.8, 4) is 0 Å². The van der Waals surface area contributed by atoms with E-state index in [-0.39, 0.29) is 121 Å². The fraction of sp³-hybridized carbons (Fsp3) is 0.432. The number of aliphatic hydroxyl groups excluding tert-OH is 2. The topological polar surface area (TPSA) is 208 Å². The van der Waals surface area contributed by atoms with Crippen LogP contribution in [-0.4, -0.2) is 122 Å². The average Bonchev–Trinajstić information content (AvgIpc) is 1.62. The van der Waals surface area contributed by atoms with Gasteiger partial charge in [-0.3, -0.25) is 33.1 Å². The quantitative estimate of drug-likeness (QED) is 0.0220. The second-order valence-electron chi connectivity index (χ2n) is 24.6. The van der Waals surface area contributed by atoms with Crippen molar-refractivity contribution in [3.63, 3.8) is 0 Å². The van der Waals surface area contributed by atoms with Crippen LogP contribution >= 0.6 is 0 Å². The Hall–Kier alpha value is -6.17. The van der Waals surface area contributed by atoms with E-state index in [0.29, 0.717) is 75.2 Å². The molecule has 7 unspecified atom stereocenters. The minimum atomic E-state index is -3.65. The molecule has 1 aliphatic rings. The smallest absolute Gasteiger partial charge is 0.254 e. The maximum absolute atomic E-state index is 13.9. The summed E-state index contributed by atoms with van der Waals surface area (Å²) in [5.41, 5.74) is 6.08. The second-order valence-corrected chi connectivity index (χ2v) is 26.6. The van der Waals surface area contributed by atoms with E-state index in [0.717, 1.165) is 58.5 Å². The monoisotopic (exact) mass is 1320 g/mol. The molecule has 1 amide bonds. The van der Waals surface area contributed by atoms with Crippen LogP contribution in [0.2, 0.25) is 0 Å². The molecule has 0 aliphatic carbocycles. The Labute approximate surface area is 560 Å². The predicted octanol–water partition coefficient (Wildman–Crippen LogP) is 11.7. The zero-order valence-corrected chi connectivity index (χ0v) is 57.5. The number of nitrogens with zero attached hydrogens (tertiary/aromatic N) is 2. The first-order valence-electron chi connectivity index (χ1n) is 31.6. The van der Waals surface area contributed by atoms with E-state index in [1.165, 1.54) is 13.1 Å². The van der Waals surface area contributed by atoms with Crippen molar-refractivity contribution in [2.45, 2.75) is 155 Å². The fourth-order valence-electron chi connectivity index (χ4n) is 11.5. The molecule has 6 aromatic rings. The largest absolute Gasteiger partial charge is 0.391 e. The van der Waals surface area contributed by atoms with Gasteiger partial charge in [0.15, 0.2) is 28.9 Å². The van der Waals surface area contributed by atoms with Gasteiger partial charge in [0.2, 0.25) is 10.0 Å². The number of carbonyl (C=O) groups is 6. The van der Waals surface area contributed by atoms with Crippen molar-refractivity contribution in [1.29, 1.82) is 0 Å². The number of aliphatic hydroxyl groups is 2. The van der Waals surface area contributed by atoms with Gasteiger partial charge >= 0.3 is 0 Å². The van der Waals surface area contributed by atoms with E-state index < -0.39 is 34.3 Å². The molecule has 1 heterocycles. The van der Waals surface area contributed by atoms with Gasteiger partial charge in [0.25, 0.3) is 5.91 Å². The van der Waals surface area contributed by atoms with Gasteiger partial charge in [-0.05, 0) is 130 Å². The Morgan fingerprint density at radius 1 is 0.622 bits per heavy atom. The van der Waals surface area contributed by atoms with Gasteiger partial charge < -0.3 is 25.7 Å². The van der Waals surface area contributed by atoms with Crippen LogP contribution in [0.4, 0.5) is 5.69 Å². The summed E-state index contributed by atoms with van der Waals surface area (Å²) in [6, 6.07) is 50.5. The first-order valence-corrected chi connectivity index (χ1v) is 33.4. The minimum absolute atomic E-state index is 0. The Morgan fingerprint density at radius 2 is 1.11 bits per heavy atom. The summed E-state index contributed by atoms with van der Waals surface area (Å²) in [4.78, 5) is 82.2. The van der Waals surface area contributed by atoms with Crippen LogP contribution < -0.4 is 14.9 Å². The molecule has 1 saturated heterocycles. The molecule has 90 heavy (non-hydrogen) atoms. The number of amides is 1. The maximum Gasteiger partial charge on any atom is 0.254 e. The number of anilines is 1. The Balaban J connectivity index is 0.000000324. The predicted molar refractivity (Wildman–Crippen MR) is 354 cm³/mol. The molecule has 0 bridgehead atoms. The van der Waals surface area contributed by atoms with Crippen LogP contribution in [0.5, 0.6) is 0 Å². The first kappa shape index (κ1) is 74.6. The molecule has 479 valence electrons. The Kier molecular flexibility index (Phi) is 31.0. The molecular formula is C74H93N4O10SY-. The number of Topliss-reactive ketones (excluding diaryl/α,β-unsaturated/α-hetero) is 5. The van der Waals surface area contributed by atoms with Crippen molar-refractivity contribution in [3.05, 3.63) is 208 Å². The molecular weight excluding hydrogens is 1230 g/mol. The van der Waals surface area contributed by atoms with Crippen molar-refractivity contribution in [2.24, 2.45) is 17.8 Å². The van der Waals surface area contributed by atoms with Crippen LogP contribution in [0.1, 0.15) is 169 Å². The number of aryl methyl sites for hydroxylation is 1. The van der Waals surface area contributed by atoms with E-state index in [1.807, 2.05) is 134 Å². The summed E-state index contributed by atoms with van der Waals surface area (Å²) in [5, 5.41) is 27.4. The van der Waals surface area contributed by atoms with Crippen LogP contribution in [0.25, 0.3) is 0 Å². The first-order chi connectivity index (χ1) is 42.5. The molecule has 0 aromatic heterocycles. The van der Waals surface area contributed by atoms with Gasteiger partial charge in [0, 0.05) is 107 Å². The van der Waals surface area contributed by atoms with Gasteiger partial charge in [-0.15, -0.1) is 0 Å². The van der Waals surface area contributed by atoms with Crippen LogP contribution in [0.15, 0.2) is 158 Å². The number of ketones is 5. The molecule has 7 rings (SSSR count). The third-order valence-corrected chi connectivity index (χ3v) is 18.0. The molecule has 16 heteroatoms. The number of likely N-dealkylation sites (tertiary alicyclic amines) is 1. The molecule has 0 spiro atoms. The zero-order chi connectivity index (χ0) is 64.6. The molecule has 8 atom stereocenters. The molecule has 1 fully saturated rings. The van der Waals surface area contributed by atoms with E-state index >= 15 is 0 Å². The van der Waals surface area contributed by atoms with Crippen molar-refractivity contribution in [1.82, 2.24) is 15.5 Å². The van der Waals surface area contributed by atoms with E-state index in [9.17, 15) is 47.4 Å². The van der Waals surface area contributed by atoms with Crippen molar-refractivity contribution in [2.75, 3.05) is 37.2 Å². The third kappa shape index (κ3) is 23.8. The van der Waals surface area contributed by atoms with Crippen LogP contribution in [0, 0.1) is 23.8 Å². The summed E-state index contributed by atoms with van der Waals surface area (Å²) in [6.45, 7) is 12.7. The maximum atomic E-state index is 13.9. The van der Waals surface area contributed by atoms with Gasteiger partial charge in [-0.2, -0.15) is 35.9 Å². The molecule has 14 nitrogen and oxygen atoms in total. The second kappa shape index (κ2) is 37.4. The van der Waals surface area contributed by atoms with Crippen LogP contribution in [0.3, 0.4) is 0 Å². The number of carbonyl (C=O) groups excluding carboxylic acids is 6. The summed E-state index contributed by atoms with van der Waals surface area (Å²) in [7, 11) is -2.24. The van der Waals surface area contributed by atoms with Crippen molar-refractivity contribution >= 4 is 50.5 Å². The van der Waals surface area contributed by atoms with Gasteiger partial charge in [0.05, 0.1) is 36.2 Å². The van der Waals surface area contributed by atoms with Gasteiger partial charge in [-0.1, -0.05) is 143 Å². The van der Waals surface area contributed by atoms with E-state index in [2.05, 4.69) is 30.5 Å². The SMILES string of the molecule is CC(CC(=O)c1cccc(C(=O)CC(CNC(C(=O)CCc2c[c-]ccc2)C(C)O)Cc2ccccc2)c1)c1ccccc1.CCC1CCCN1C(=O)c1cc(C(=O)C[C@H](CNC(C(=O)CCC(C)C)C(C)O)Cc2ccccc2)cc(N(C)S(C)(=O)=O)c1.[Y]. The number of hydrogen-bond donors (Lipinski definition) is 4. The Bertz CT molecular complexity index is 3350. The van der Waals surface area contributed by atoms with Gasteiger partial charge in [-0.25, -0.2) is 8.42 Å². The van der Waals surface area contributed by atoms with Gasteiger partial charge in [0.1, 0.15) is 0 Å². The molecule has 0 saturated carbocycles. The van der Waals surface area contributed by atoms with Crippen LogP contribution in [-0.2, 0) is 71.6 Å². The van der Waals surface area contributed by atoms with E-state index in [1.54, 1.807) is 50.2 Å². The van der Waals surface area contributed by atoms with E-state index in [4.69, 9.17) is 0 Å². The molecule has 6 aromatic carbocycles. The normalized spacial score (nSPS) is 15.4. The summed E-state index contributed by atoms with van der Waals surface area (Å²) < 4.78 is 26.0. The average molecular weight is 1320 g/mol. The number of benzene rings is 6. The number of nitrogens with one attached hydrogen (secondary N) is 2. The molecule has 1 radical (unpaired) electrons. The molecule has 4 N–H and O–H groups in total. The minimum Gasteiger partial charge on any atom is -0.391 e. The molecule has 1 aliphatic heterocycles. The summed E-state index contributed by atoms with van der Waals surface area (Å²) >= 11 is 0. The summed E-state index contributed by atoms with van der Waals surface area (Å²) in [5.74, 6) is -0.552. The fourth-order valence-corrected chi connectivity index (χ4v) is 12.0.